The van der Waals surface area contributed by atoms with Crippen LogP contribution in [0.3, 0.4) is 0 Å². The Hall–Kier alpha value is -1.95. The lowest BCUT2D eigenvalue weighted by Gasteiger charge is -2.39. The van der Waals surface area contributed by atoms with Gasteiger partial charge in [-0.15, -0.1) is 0 Å². The molecule has 2 aliphatic heterocycles. The van der Waals surface area contributed by atoms with Crippen molar-refractivity contribution in [3.63, 3.8) is 0 Å². The van der Waals surface area contributed by atoms with Gasteiger partial charge in [-0.25, -0.2) is 0 Å². The van der Waals surface area contributed by atoms with Gasteiger partial charge >= 0.3 is 5.97 Å². The van der Waals surface area contributed by atoms with Crippen LogP contribution < -0.4 is 19.9 Å². The number of benzene rings is 1. The first kappa shape index (κ1) is 15.0. The zero-order chi connectivity index (χ0) is 15.5. The van der Waals surface area contributed by atoms with E-state index in [0.717, 1.165) is 49.8 Å². The van der Waals surface area contributed by atoms with Gasteiger partial charge in [-0.2, -0.15) is 0 Å². The number of carboxylic acid groups (broad SMARTS) is 1. The molecule has 120 valence electrons. The quantitative estimate of drug-likeness (QED) is 0.870. The van der Waals surface area contributed by atoms with Crippen molar-refractivity contribution in [3.05, 3.63) is 18.2 Å². The molecule has 6 nitrogen and oxygen atoms in total. The van der Waals surface area contributed by atoms with Crippen LogP contribution in [0.5, 0.6) is 5.75 Å². The Balaban J connectivity index is 1.92. The van der Waals surface area contributed by atoms with Crippen LogP contribution in [0.2, 0.25) is 0 Å². The minimum absolute atomic E-state index is 0.0690. The second kappa shape index (κ2) is 6.44. The Bertz CT molecular complexity index is 543. The molecule has 0 saturated carbocycles. The van der Waals surface area contributed by atoms with E-state index in [0.29, 0.717) is 6.54 Å². The van der Waals surface area contributed by atoms with Crippen LogP contribution in [-0.2, 0) is 4.79 Å². The van der Waals surface area contributed by atoms with Crippen LogP contribution in [-0.4, -0.2) is 56.4 Å². The summed E-state index contributed by atoms with van der Waals surface area (Å²) in [6, 6.07) is 6.10. The number of hydrogen-bond donors (Lipinski definition) is 2. The van der Waals surface area contributed by atoms with E-state index in [2.05, 4.69) is 21.2 Å². The standard InChI is InChI=1S/C16H23N3O3/c1-12-11-19(8-5-15(20)21)16-13(3-2-4-14(16)22-12)18-9-6-17-7-10-18/h2-4,12,17H,5-11H2,1H3,(H,20,21). The number of fused-ring (bicyclic) bond motifs is 1. The third kappa shape index (κ3) is 3.11. The van der Waals surface area contributed by atoms with Crippen LogP contribution in [0, 0.1) is 0 Å². The second-order valence-corrected chi connectivity index (χ2v) is 5.88. The fraction of sp³-hybridized carbons (Fsp3) is 0.562. The lowest BCUT2D eigenvalue weighted by Crippen LogP contribution is -2.45. The van der Waals surface area contributed by atoms with Gasteiger partial charge < -0.3 is 25.0 Å². The first-order valence-corrected chi connectivity index (χ1v) is 7.87. The van der Waals surface area contributed by atoms with E-state index in [9.17, 15) is 4.79 Å². The summed E-state index contributed by atoms with van der Waals surface area (Å²) in [6.45, 7) is 7.11. The lowest BCUT2D eigenvalue weighted by molar-refractivity contribution is -0.136. The van der Waals surface area contributed by atoms with Crippen LogP contribution in [0.4, 0.5) is 11.4 Å². The molecule has 0 bridgehead atoms. The predicted octanol–water partition coefficient (Wildman–Crippen LogP) is 1.16. The van der Waals surface area contributed by atoms with E-state index in [1.54, 1.807) is 0 Å². The summed E-state index contributed by atoms with van der Waals surface area (Å²) >= 11 is 0. The molecule has 0 aromatic heterocycles. The minimum atomic E-state index is -0.764. The molecule has 1 fully saturated rings. The molecule has 1 saturated heterocycles. The highest BCUT2D eigenvalue weighted by molar-refractivity contribution is 5.79. The molecule has 2 N–H and O–H groups in total. The van der Waals surface area contributed by atoms with Crippen molar-refractivity contribution in [1.29, 1.82) is 0 Å². The summed E-state index contributed by atoms with van der Waals surface area (Å²) in [7, 11) is 0. The lowest BCUT2D eigenvalue weighted by atomic mass is 10.1. The minimum Gasteiger partial charge on any atom is -0.487 e. The van der Waals surface area contributed by atoms with Crippen molar-refractivity contribution < 1.29 is 14.6 Å². The van der Waals surface area contributed by atoms with Gasteiger partial charge in [0.25, 0.3) is 0 Å². The maximum Gasteiger partial charge on any atom is 0.305 e. The predicted molar refractivity (Wildman–Crippen MR) is 86.1 cm³/mol. The van der Waals surface area contributed by atoms with Crippen molar-refractivity contribution in [2.24, 2.45) is 0 Å². The zero-order valence-electron chi connectivity index (χ0n) is 12.9. The highest BCUT2D eigenvalue weighted by atomic mass is 16.5. The maximum atomic E-state index is 10.9. The molecular weight excluding hydrogens is 282 g/mol. The molecule has 0 spiro atoms. The molecule has 22 heavy (non-hydrogen) atoms. The van der Waals surface area contributed by atoms with Crippen molar-refractivity contribution in [2.75, 3.05) is 49.1 Å². The molecule has 1 atom stereocenters. The molecule has 0 aliphatic carbocycles. The van der Waals surface area contributed by atoms with Crippen LogP contribution in [0.25, 0.3) is 0 Å². The van der Waals surface area contributed by atoms with Crippen LogP contribution in [0.1, 0.15) is 13.3 Å². The van der Waals surface area contributed by atoms with E-state index in [1.165, 1.54) is 0 Å². The molecule has 3 rings (SSSR count). The number of carboxylic acids is 1. The molecule has 1 aromatic rings. The summed E-state index contributed by atoms with van der Waals surface area (Å²) in [5, 5.41) is 12.4. The number of nitrogens with zero attached hydrogens (tertiary/aromatic N) is 2. The van der Waals surface area contributed by atoms with Gasteiger partial charge in [-0.1, -0.05) is 6.07 Å². The summed E-state index contributed by atoms with van der Waals surface area (Å²) in [6.07, 6.45) is 0.210. The van der Waals surface area contributed by atoms with Crippen LogP contribution in [0.15, 0.2) is 18.2 Å². The van der Waals surface area contributed by atoms with Gasteiger partial charge in [0.15, 0.2) is 0 Å². The number of rotatable bonds is 4. The third-order valence-electron chi connectivity index (χ3n) is 4.15. The first-order chi connectivity index (χ1) is 10.6. The molecule has 1 aromatic carbocycles. The smallest absolute Gasteiger partial charge is 0.305 e. The maximum absolute atomic E-state index is 10.9. The van der Waals surface area contributed by atoms with Gasteiger partial charge in [0.1, 0.15) is 17.5 Å². The van der Waals surface area contributed by atoms with E-state index in [4.69, 9.17) is 9.84 Å². The average Bonchev–Trinajstić information content (AvgIpc) is 2.52. The number of nitrogens with one attached hydrogen (secondary N) is 1. The highest BCUT2D eigenvalue weighted by Gasteiger charge is 2.28. The van der Waals surface area contributed by atoms with Crippen molar-refractivity contribution in [3.8, 4) is 5.75 Å². The summed E-state index contributed by atoms with van der Waals surface area (Å²) in [5.41, 5.74) is 2.19. The zero-order valence-corrected chi connectivity index (χ0v) is 12.9. The fourth-order valence-corrected chi connectivity index (χ4v) is 3.17. The summed E-state index contributed by atoms with van der Waals surface area (Å²) in [5.74, 6) is 0.0977. The summed E-state index contributed by atoms with van der Waals surface area (Å²) < 4.78 is 5.97. The molecule has 0 amide bonds. The van der Waals surface area contributed by atoms with E-state index in [1.807, 2.05) is 19.1 Å². The Morgan fingerprint density at radius 2 is 2.18 bits per heavy atom. The Morgan fingerprint density at radius 3 is 2.91 bits per heavy atom. The number of hydrogen-bond acceptors (Lipinski definition) is 5. The third-order valence-corrected chi connectivity index (χ3v) is 4.15. The fourth-order valence-electron chi connectivity index (χ4n) is 3.17. The first-order valence-electron chi connectivity index (χ1n) is 7.87. The van der Waals surface area contributed by atoms with Crippen molar-refractivity contribution in [1.82, 2.24) is 5.32 Å². The topological polar surface area (TPSA) is 65.0 Å². The average molecular weight is 305 g/mol. The number of anilines is 2. The van der Waals surface area contributed by atoms with E-state index in [-0.39, 0.29) is 12.5 Å². The Kier molecular flexibility index (Phi) is 4.38. The van der Waals surface area contributed by atoms with E-state index >= 15 is 0 Å². The number of aliphatic carboxylic acids is 1. The largest absolute Gasteiger partial charge is 0.487 e. The Morgan fingerprint density at radius 1 is 1.41 bits per heavy atom. The number of para-hydroxylation sites is 1. The van der Waals surface area contributed by atoms with Gasteiger partial charge in [-0.05, 0) is 19.1 Å². The molecule has 1 unspecified atom stereocenters. The molecule has 2 heterocycles. The van der Waals surface area contributed by atoms with E-state index < -0.39 is 5.97 Å². The molecule has 0 radical (unpaired) electrons. The molecule has 2 aliphatic rings. The molecule has 6 heteroatoms. The van der Waals surface area contributed by atoms with Gasteiger partial charge in [-0.3, -0.25) is 4.79 Å². The normalized spacial score (nSPS) is 21.2. The number of piperazine rings is 1. The second-order valence-electron chi connectivity index (χ2n) is 5.88. The van der Waals surface area contributed by atoms with Crippen LogP contribution >= 0.6 is 0 Å². The van der Waals surface area contributed by atoms with Crippen molar-refractivity contribution in [2.45, 2.75) is 19.4 Å². The highest BCUT2D eigenvalue weighted by Crippen LogP contribution is 2.41. The summed E-state index contributed by atoms with van der Waals surface area (Å²) in [4.78, 5) is 15.5. The Labute approximate surface area is 130 Å². The van der Waals surface area contributed by atoms with Gasteiger partial charge in [0.2, 0.25) is 0 Å². The number of carbonyl (C=O) groups is 1. The van der Waals surface area contributed by atoms with Crippen molar-refractivity contribution >= 4 is 17.3 Å². The number of ether oxygens (including phenoxy) is 1. The SMILES string of the molecule is CC1CN(CCC(=O)O)c2c(cccc2N2CCNCC2)O1. The van der Waals surface area contributed by atoms with Gasteiger partial charge in [0.05, 0.1) is 18.7 Å². The van der Waals surface area contributed by atoms with Gasteiger partial charge in [0, 0.05) is 32.7 Å². The molecular formula is C16H23N3O3. The monoisotopic (exact) mass is 305 g/mol.